The van der Waals surface area contributed by atoms with Gasteiger partial charge >= 0.3 is 6.18 Å². The van der Waals surface area contributed by atoms with Crippen molar-refractivity contribution in [2.45, 2.75) is 6.18 Å². The Hall–Kier alpha value is -2.45. The second kappa shape index (κ2) is 5.15. The first-order chi connectivity index (χ1) is 9.71. The number of nitrogens with zero attached hydrogens (tertiary/aromatic N) is 4. The zero-order valence-electron chi connectivity index (χ0n) is 11.0. The zero-order valence-corrected chi connectivity index (χ0v) is 11.0. The number of halogens is 4. The molecular weight excluding hydrogens is 292 g/mol. The van der Waals surface area contributed by atoms with E-state index in [2.05, 4.69) is 10.3 Å². The molecule has 0 aliphatic heterocycles. The number of hydrogen-bond acceptors (Lipinski definition) is 3. The van der Waals surface area contributed by atoms with Gasteiger partial charge in [-0.25, -0.2) is 9.07 Å². The molecule has 0 aliphatic carbocycles. The zero-order chi connectivity index (χ0) is 15.8. The van der Waals surface area contributed by atoms with E-state index in [0.717, 1.165) is 29.2 Å². The van der Waals surface area contributed by atoms with Crippen LogP contribution in [-0.4, -0.2) is 39.9 Å². The van der Waals surface area contributed by atoms with Crippen molar-refractivity contribution >= 4 is 5.91 Å². The summed E-state index contributed by atoms with van der Waals surface area (Å²) in [6.45, 7) is 0. The van der Waals surface area contributed by atoms with Crippen LogP contribution in [0.3, 0.4) is 0 Å². The fourth-order valence-electron chi connectivity index (χ4n) is 1.66. The van der Waals surface area contributed by atoms with Crippen molar-refractivity contribution < 1.29 is 22.4 Å². The molecule has 112 valence electrons. The van der Waals surface area contributed by atoms with Gasteiger partial charge in [-0.3, -0.25) is 4.79 Å². The molecular formula is C12H10F4N4O. The quantitative estimate of drug-likeness (QED) is 0.799. The van der Waals surface area contributed by atoms with Gasteiger partial charge in [0.2, 0.25) is 0 Å². The van der Waals surface area contributed by atoms with Crippen LogP contribution in [-0.2, 0) is 6.18 Å². The molecule has 1 aromatic heterocycles. The monoisotopic (exact) mass is 302 g/mol. The van der Waals surface area contributed by atoms with E-state index in [1.807, 2.05) is 0 Å². The highest BCUT2D eigenvalue weighted by atomic mass is 19.4. The summed E-state index contributed by atoms with van der Waals surface area (Å²) in [5.41, 5.74) is -2.15. The molecule has 0 unspecified atom stereocenters. The third kappa shape index (κ3) is 2.86. The molecule has 1 aromatic carbocycles. The van der Waals surface area contributed by atoms with Crippen LogP contribution in [0.4, 0.5) is 17.6 Å². The summed E-state index contributed by atoms with van der Waals surface area (Å²) in [6.07, 6.45) is -4.83. The molecule has 0 saturated carbocycles. The summed E-state index contributed by atoms with van der Waals surface area (Å²) < 4.78 is 52.9. The molecule has 0 radical (unpaired) electrons. The Morgan fingerprint density at radius 2 is 1.76 bits per heavy atom. The van der Waals surface area contributed by atoms with Crippen LogP contribution in [0.15, 0.2) is 24.3 Å². The molecule has 0 spiro atoms. The van der Waals surface area contributed by atoms with Gasteiger partial charge in [-0.2, -0.15) is 13.2 Å². The lowest BCUT2D eigenvalue weighted by molar-refractivity contribution is -0.143. The van der Waals surface area contributed by atoms with Gasteiger partial charge in [0, 0.05) is 14.1 Å². The van der Waals surface area contributed by atoms with E-state index < -0.39 is 29.3 Å². The van der Waals surface area contributed by atoms with E-state index in [1.54, 1.807) is 0 Å². The number of hydrogen-bond donors (Lipinski definition) is 0. The van der Waals surface area contributed by atoms with Crippen molar-refractivity contribution in [1.29, 1.82) is 0 Å². The summed E-state index contributed by atoms with van der Waals surface area (Å²) in [4.78, 5) is 12.7. The van der Waals surface area contributed by atoms with Crippen molar-refractivity contribution in [1.82, 2.24) is 19.9 Å². The van der Waals surface area contributed by atoms with Crippen LogP contribution in [0.2, 0.25) is 0 Å². The molecule has 1 heterocycles. The number of carbonyl (C=O) groups excluding carboxylic acids is 1. The van der Waals surface area contributed by atoms with Gasteiger partial charge in [-0.15, -0.1) is 5.10 Å². The molecule has 0 saturated heterocycles. The molecule has 0 N–H and O–H groups in total. The summed E-state index contributed by atoms with van der Waals surface area (Å²) >= 11 is 0. The van der Waals surface area contributed by atoms with E-state index in [9.17, 15) is 22.4 Å². The van der Waals surface area contributed by atoms with E-state index in [4.69, 9.17) is 0 Å². The second-order valence-corrected chi connectivity index (χ2v) is 4.37. The molecule has 0 fully saturated rings. The third-order valence-electron chi connectivity index (χ3n) is 2.62. The van der Waals surface area contributed by atoms with Crippen molar-refractivity contribution in [3.8, 4) is 5.69 Å². The number of alkyl halides is 3. The predicted molar refractivity (Wildman–Crippen MR) is 64.3 cm³/mol. The number of amides is 1. The van der Waals surface area contributed by atoms with Gasteiger partial charge in [0.25, 0.3) is 5.91 Å². The first-order valence-corrected chi connectivity index (χ1v) is 5.72. The normalized spacial score (nSPS) is 11.5. The highest BCUT2D eigenvalue weighted by molar-refractivity contribution is 5.93. The predicted octanol–water partition coefficient (Wildman–Crippen LogP) is 2.13. The Morgan fingerprint density at radius 1 is 1.19 bits per heavy atom. The highest BCUT2D eigenvalue weighted by Gasteiger charge is 2.42. The molecule has 2 aromatic rings. The van der Waals surface area contributed by atoms with Crippen LogP contribution < -0.4 is 0 Å². The number of rotatable bonds is 2. The minimum Gasteiger partial charge on any atom is -0.343 e. The van der Waals surface area contributed by atoms with Crippen LogP contribution in [0.1, 0.15) is 16.2 Å². The van der Waals surface area contributed by atoms with Crippen LogP contribution in [0.25, 0.3) is 5.69 Å². The molecule has 1 amide bonds. The fourth-order valence-corrected chi connectivity index (χ4v) is 1.66. The van der Waals surface area contributed by atoms with Crippen molar-refractivity contribution in [2.24, 2.45) is 0 Å². The average Bonchev–Trinajstić information content (AvgIpc) is 2.83. The largest absolute Gasteiger partial charge is 0.435 e. The summed E-state index contributed by atoms with van der Waals surface area (Å²) in [5, 5.41) is 6.67. The Balaban J connectivity index is 2.63. The Bertz CT molecular complexity index is 661. The minimum absolute atomic E-state index is 0.0472. The molecule has 5 nitrogen and oxygen atoms in total. The summed E-state index contributed by atoms with van der Waals surface area (Å²) in [6, 6.07) is 4.21. The lowest BCUT2D eigenvalue weighted by Crippen LogP contribution is -2.26. The molecule has 0 bridgehead atoms. The van der Waals surface area contributed by atoms with E-state index in [-0.39, 0.29) is 5.69 Å². The smallest absolute Gasteiger partial charge is 0.343 e. The molecule has 9 heteroatoms. The Labute approximate surface area is 116 Å². The van der Waals surface area contributed by atoms with Gasteiger partial charge in [0.1, 0.15) is 5.82 Å². The summed E-state index contributed by atoms with van der Waals surface area (Å²) in [5.74, 6) is -1.52. The van der Waals surface area contributed by atoms with Crippen LogP contribution >= 0.6 is 0 Å². The van der Waals surface area contributed by atoms with Gasteiger partial charge in [-0.05, 0) is 24.3 Å². The van der Waals surface area contributed by atoms with E-state index >= 15 is 0 Å². The minimum atomic E-state index is -4.83. The van der Waals surface area contributed by atoms with Crippen LogP contribution in [0, 0.1) is 5.82 Å². The number of aromatic nitrogens is 3. The Morgan fingerprint density at radius 3 is 2.24 bits per heavy atom. The first-order valence-electron chi connectivity index (χ1n) is 5.72. The maximum Gasteiger partial charge on any atom is 0.435 e. The SMILES string of the molecule is CN(C)C(=O)c1nnn(-c2ccc(F)cc2)c1C(F)(F)F. The van der Waals surface area contributed by atoms with Crippen molar-refractivity contribution in [3.63, 3.8) is 0 Å². The van der Waals surface area contributed by atoms with Crippen molar-refractivity contribution in [3.05, 3.63) is 41.5 Å². The number of carbonyl (C=O) groups is 1. The standard InChI is InChI=1S/C12H10F4N4O/c1-19(2)11(21)9-10(12(14,15)16)20(18-17-9)8-5-3-7(13)4-6-8/h3-6H,1-2H3. The molecule has 0 atom stereocenters. The van der Waals surface area contributed by atoms with Gasteiger partial charge in [0.15, 0.2) is 11.4 Å². The topological polar surface area (TPSA) is 51.0 Å². The maximum atomic E-state index is 13.2. The lowest BCUT2D eigenvalue weighted by atomic mass is 10.2. The van der Waals surface area contributed by atoms with Crippen LogP contribution in [0.5, 0.6) is 0 Å². The van der Waals surface area contributed by atoms with E-state index in [0.29, 0.717) is 4.68 Å². The Kier molecular flexibility index (Phi) is 3.67. The van der Waals surface area contributed by atoms with Crippen molar-refractivity contribution in [2.75, 3.05) is 14.1 Å². The summed E-state index contributed by atoms with van der Waals surface area (Å²) in [7, 11) is 2.61. The second-order valence-electron chi connectivity index (χ2n) is 4.37. The van der Waals surface area contributed by atoms with Gasteiger partial charge < -0.3 is 4.90 Å². The van der Waals surface area contributed by atoms with Gasteiger partial charge in [-0.1, -0.05) is 5.21 Å². The molecule has 0 aliphatic rings. The average molecular weight is 302 g/mol. The van der Waals surface area contributed by atoms with E-state index in [1.165, 1.54) is 14.1 Å². The first kappa shape index (κ1) is 14.9. The maximum absolute atomic E-state index is 13.2. The van der Waals surface area contributed by atoms with Gasteiger partial charge in [0.05, 0.1) is 5.69 Å². The highest BCUT2D eigenvalue weighted by Crippen LogP contribution is 2.33. The molecule has 2 rings (SSSR count). The fraction of sp³-hybridized carbons (Fsp3) is 0.250. The molecule has 21 heavy (non-hydrogen) atoms. The lowest BCUT2D eigenvalue weighted by Gasteiger charge is -2.13. The number of benzene rings is 1. The third-order valence-corrected chi connectivity index (χ3v) is 2.62.